The molecule has 6 heteroatoms. The maximum Gasteiger partial charge on any atom is 0.433 e. The molecule has 0 unspecified atom stereocenters. The molecule has 0 saturated carbocycles. The molecule has 1 aromatic rings. The van der Waals surface area contributed by atoms with E-state index in [1.165, 1.54) is 0 Å². The molecule has 1 aromatic heterocycles. The SMILES string of the molecule is Fc1nc(C(F)(F)F)ccc1CBr. The van der Waals surface area contributed by atoms with Crippen LogP contribution in [0, 0.1) is 5.95 Å². The van der Waals surface area contributed by atoms with E-state index in [1.54, 1.807) is 0 Å². The maximum absolute atomic E-state index is 12.7. The molecule has 13 heavy (non-hydrogen) atoms. The Morgan fingerprint density at radius 3 is 2.31 bits per heavy atom. The Labute approximate surface area is 79.9 Å². The number of aromatic nitrogens is 1. The minimum atomic E-state index is -4.59. The lowest BCUT2D eigenvalue weighted by molar-refractivity contribution is -0.141. The molecule has 0 bridgehead atoms. The van der Waals surface area contributed by atoms with Crippen molar-refractivity contribution in [1.29, 1.82) is 0 Å². The molecule has 1 heterocycles. The zero-order valence-electron chi connectivity index (χ0n) is 6.20. The Morgan fingerprint density at radius 2 is 1.92 bits per heavy atom. The van der Waals surface area contributed by atoms with Crippen molar-refractivity contribution in [3.8, 4) is 0 Å². The fourth-order valence-corrected chi connectivity index (χ4v) is 1.14. The molecule has 1 nitrogen and oxygen atoms in total. The van der Waals surface area contributed by atoms with Gasteiger partial charge in [-0.3, -0.25) is 0 Å². The number of hydrogen-bond acceptors (Lipinski definition) is 1. The molecule has 0 aliphatic rings. The Balaban J connectivity index is 3.10. The third kappa shape index (κ3) is 2.40. The fourth-order valence-electron chi connectivity index (χ4n) is 0.721. The Morgan fingerprint density at radius 1 is 1.31 bits per heavy atom. The highest BCUT2D eigenvalue weighted by Crippen LogP contribution is 2.28. The summed E-state index contributed by atoms with van der Waals surface area (Å²) >= 11 is 2.92. The molecule has 0 radical (unpaired) electrons. The first-order valence-electron chi connectivity index (χ1n) is 3.23. The molecule has 72 valence electrons. The van der Waals surface area contributed by atoms with Crippen LogP contribution in [0.1, 0.15) is 11.3 Å². The van der Waals surface area contributed by atoms with E-state index in [-0.39, 0.29) is 10.9 Å². The van der Waals surface area contributed by atoms with E-state index < -0.39 is 17.8 Å². The number of alkyl halides is 4. The largest absolute Gasteiger partial charge is 0.433 e. The molecule has 0 amide bonds. The highest BCUT2D eigenvalue weighted by Gasteiger charge is 2.32. The van der Waals surface area contributed by atoms with Gasteiger partial charge in [0.2, 0.25) is 5.95 Å². The van der Waals surface area contributed by atoms with Gasteiger partial charge < -0.3 is 0 Å². The second-order valence-corrected chi connectivity index (χ2v) is 2.84. The van der Waals surface area contributed by atoms with Gasteiger partial charge in [-0.1, -0.05) is 22.0 Å². The van der Waals surface area contributed by atoms with E-state index >= 15 is 0 Å². The van der Waals surface area contributed by atoms with Gasteiger partial charge >= 0.3 is 6.18 Å². The van der Waals surface area contributed by atoms with E-state index in [2.05, 4.69) is 20.9 Å². The first-order valence-corrected chi connectivity index (χ1v) is 4.36. The van der Waals surface area contributed by atoms with E-state index in [0.717, 1.165) is 12.1 Å². The molecule has 0 aliphatic carbocycles. The van der Waals surface area contributed by atoms with Crippen molar-refractivity contribution in [2.75, 3.05) is 0 Å². The molecular formula is C7H4BrF4N. The van der Waals surface area contributed by atoms with Gasteiger partial charge in [-0.25, -0.2) is 4.98 Å². The van der Waals surface area contributed by atoms with E-state index in [1.807, 2.05) is 0 Å². The van der Waals surface area contributed by atoms with Crippen LogP contribution in [0.2, 0.25) is 0 Å². The predicted molar refractivity (Wildman–Crippen MR) is 41.8 cm³/mol. The van der Waals surface area contributed by atoms with Crippen molar-refractivity contribution in [3.63, 3.8) is 0 Å². The molecule has 0 N–H and O–H groups in total. The Kier molecular flexibility index (Phi) is 2.90. The summed E-state index contributed by atoms with van der Waals surface area (Å²) in [7, 11) is 0. The van der Waals surface area contributed by atoms with Crippen molar-refractivity contribution >= 4 is 15.9 Å². The molecule has 0 spiro atoms. The fraction of sp³-hybridized carbons (Fsp3) is 0.286. The molecule has 0 aliphatic heterocycles. The van der Waals surface area contributed by atoms with E-state index in [4.69, 9.17) is 0 Å². The van der Waals surface area contributed by atoms with Crippen molar-refractivity contribution in [2.24, 2.45) is 0 Å². The van der Waals surface area contributed by atoms with Crippen molar-refractivity contribution in [1.82, 2.24) is 4.98 Å². The van der Waals surface area contributed by atoms with Gasteiger partial charge in [0.1, 0.15) is 5.69 Å². The summed E-state index contributed by atoms with van der Waals surface area (Å²) in [6, 6.07) is 1.81. The van der Waals surface area contributed by atoms with Crippen LogP contribution >= 0.6 is 15.9 Å². The minimum Gasteiger partial charge on any atom is -0.215 e. The zero-order chi connectivity index (χ0) is 10.1. The molecule has 1 rings (SSSR count). The predicted octanol–water partition coefficient (Wildman–Crippen LogP) is 3.13. The van der Waals surface area contributed by atoms with Crippen LogP contribution in [0.15, 0.2) is 12.1 Å². The summed E-state index contributed by atoms with van der Waals surface area (Å²) in [5, 5.41) is 0.143. The lowest BCUT2D eigenvalue weighted by atomic mass is 10.2. The van der Waals surface area contributed by atoms with Gasteiger partial charge in [-0.05, 0) is 6.07 Å². The maximum atomic E-state index is 12.7. The summed E-state index contributed by atoms with van der Waals surface area (Å²) < 4.78 is 48.6. The molecular weight excluding hydrogens is 254 g/mol. The lowest BCUT2D eigenvalue weighted by Crippen LogP contribution is -2.09. The highest BCUT2D eigenvalue weighted by molar-refractivity contribution is 9.08. The third-order valence-corrected chi connectivity index (χ3v) is 1.96. The van der Waals surface area contributed by atoms with Gasteiger partial charge in [0.15, 0.2) is 0 Å². The van der Waals surface area contributed by atoms with Crippen LogP contribution in [-0.2, 0) is 11.5 Å². The lowest BCUT2D eigenvalue weighted by Gasteiger charge is -2.06. The van der Waals surface area contributed by atoms with Crippen LogP contribution in [0.3, 0.4) is 0 Å². The van der Waals surface area contributed by atoms with Gasteiger partial charge in [-0.2, -0.15) is 17.6 Å². The average molecular weight is 258 g/mol. The monoisotopic (exact) mass is 257 g/mol. The van der Waals surface area contributed by atoms with Crippen molar-refractivity contribution in [3.05, 3.63) is 29.3 Å². The van der Waals surface area contributed by atoms with Gasteiger partial charge in [0.25, 0.3) is 0 Å². The quantitative estimate of drug-likeness (QED) is 0.428. The number of hydrogen-bond donors (Lipinski definition) is 0. The molecule has 0 atom stereocenters. The minimum absolute atomic E-state index is 0.105. The van der Waals surface area contributed by atoms with Crippen molar-refractivity contribution < 1.29 is 17.6 Å². The van der Waals surface area contributed by atoms with Crippen LogP contribution < -0.4 is 0 Å². The van der Waals surface area contributed by atoms with Crippen LogP contribution in [-0.4, -0.2) is 4.98 Å². The first kappa shape index (κ1) is 10.4. The average Bonchev–Trinajstić information content (AvgIpc) is 2.02. The summed E-state index contributed by atoms with van der Waals surface area (Å²) in [6.45, 7) is 0. The zero-order valence-corrected chi connectivity index (χ0v) is 7.78. The highest BCUT2D eigenvalue weighted by atomic mass is 79.9. The Hall–Kier alpha value is -0.650. The number of pyridine rings is 1. The van der Waals surface area contributed by atoms with Crippen molar-refractivity contribution in [2.45, 2.75) is 11.5 Å². The smallest absolute Gasteiger partial charge is 0.215 e. The molecule has 0 aromatic carbocycles. The normalized spacial score (nSPS) is 11.8. The first-order chi connectivity index (χ1) is 5.95. The van der Waals surface area contributed by atoms with E-state index in [0.29, 0.717) is 0 Å². The number of nitrogens with zero attached hydrogens (tertiary/aromatic N) is 1. The molecule has 0 fully saturated rings. The number of rotatable bonds is 1. The summed E-state index contributed by atoms with van der Waals surface area (Å²) in [5.41, 5.74) is -1.11. The number of halogens is 5. The van der Waals surface area contributed by atoms with Crippen LogP contribution in [0.5, 0.6) is 0 Å². The van der Waals surface area contributed by atoms with Gasteiger partial charge in [0, 0.05) is 10.9 Å². The molecule has 0 saturated heterocycles. The van der Waals surface area contributed by atoms with E-state index in [9.17, 15) is 17.6 Å². The summed E-state index contributed by atoms with van der Waals surface area (Å²) in [5.74, 6) is -1.09. The Bertz CT molecular complexity index is 310. The second kappa shape index (κ2) is 3.61. The topological polar surface area (TPSA) is 12.9 Å². The van der Waals surface area contributed by atoms with Gasteiger partial charge in [0.05, 0.1) is 0 Å². The summed E-state index contributed by atoms with van der Waals surface area (Å²) in [6.07, 6.45) is -4.59. The summed E-state index contributed by atoms with van der Waals surface area (Å²) in [4.78, 5) is 2.79. The van der Waals surface area contributed by atoms with Crippen LogP contribution in [0.4, 0.5) is 17.6 Å². The van der Waals surface area contributed by atoms with Gasteiger partial charge in [-0.15, -0.1) is 0 Å². The van der Waals surface area contributed by atoms with Crippen LogP contribution in [0.25, 0.3) is 0 Å². The second-order valence-electron chi connectivity index (χ2n) is 2.28. The third-order valence-electron chi connectivity index (χ3n) is 1.36. The standard InChI is InChI=1S/C7H4BrF4N/c8-3-4-1-2-5(7(10,11)12)13-6(4)9/h1-2H,3H2.